The standard InChI is InChI=1S/C15H21N2O2/c1-10(2)11(3)17-14(18)9-8-12-6-4-5-7-13(12)15(16)19/h4-8,10-11H,9H2,1-3H3,(H2,16,19)(H,17,18)/t11-/m1/s1. The Balaban J connectivity index is 2.58. The maximum Gasteiger partial charge on any atom is 0.248 e. The molecule has 1 aromatic carbocycles. The van der Waals surface area contributed by atoms with E-state index in [4.69, 9.17) is 5.73 Å². The van der Waals surface area contributed by atoms with E-state index in [1.54, 1.807) is 24.6 Å². The number of benzene rings is 1. The highest BCUT2D eigenvalue weighted by atomic mass is 16.2. The molecule has 0 heterocycles. The number of carbonyl (C=O) groups is 2. The minimum absolute atomic E-state index is 0.0551. The van der Waals surface area contributed by atoms with E-state index in [9.17, 15) is 9.59 Å². The summed E-state index contributed by atoms with van der Waals surface area (Å²) in [5.41, 5.74) is 6.42. The third-order valence-corrected chi connectivity index (χ3v) is 3.12. The topological polar surface area (TPSA) is 72.2 Å². The van der Waals surface area contributed by atoms with Crippen LogP contribution in [-0.2, 0) is 4.79 Å². The second kappa shape index (κ2) is 6.92. The molecular formula is C15H21N2O2. The molecule has 4 nitrogen and oxygen atoms in total. The van der Waals surface area contributed by atoms with Crippen molar-refractivity contribution in [2.24, 2.45) is 11.7 Å². The molecule has 0 spiro atoms. The van der Waals surface area contributed by atoms with Crippen LogP contribution in [0.25, 0.3) is 0 Å². The van der Waals surface area contributed by atoms with Crippen LogP contribution in [0.15, 0.2) is 24.3 Å². The zero-order chi connectivity index (χ0) is 14.4. The third kappa shape index (κ3) is 4.73. The predicted octanol–water partition coefficient (Wildman–Crippen LogP) is 1.89. The van der Waals surface area contributed by atoms with Gasteiger partial charge in [-0.05, 0) is 24.5 Å². The number of primary amides is 1. The summed E-state index contributed by atoms with van der Waals surface area (Å²) in [5.74, 6) is -0.148. The summed E-state index contributed by atoms with van der Waals surface area (Å²) >= 11 is 0. The van der Waals surface area contributed by atoms with Gasteiger partial charge in [0.05, 0.1) is 0 Å². The highest BCUT2D eigenvalue weighted by molar-refractivity contribution is 5.95. The predicted molar refractivity (Wildman–Crippen MR) is 75.4 cm³/mol. The lowest BCUT2D eigenvalue weighted by molar-refractivity contribution is -0.121. The first kappa shape index (κ1) is 15.2. The van der Waals surface area contributed by atoms with Gasteiger partial charge in [-0.25, -0.2) is 0 Å². The second-order valence-corrected chi connectivity index (χ2v) is 4.96. The molecule has 2 amide bonds. The molecule has 0 aromatic heterocycles. The van der Waals surface area contributed by atoms with Crippen molar-refractivity contribution in [1.29, 1.82) is 0 Å². The minimum atomic E-state index is -0.484. The molecular weight excluding hydrogens is 240 g/mol. The summed E-state index contributed by atoms with van der Waals surface area (Å²) in [6.45, 7) is 6.08. The highest BCUT2D eigenvalue weighted by Gasteiger charge is 2.12. The molecule has 0 saturated carbocycles. The van der Waals surface area contributed by atoms with E-state index < -0.39 is 5.91 Å². The fraction of sp³-hybridized carbons (Fsp3) is 0.400. The van der Waals surface area contributed by atoms with Gasteiger partial charge in [0.2, 0.25) is 11.8 Å². The Kier molecular flexibility index (Phi) is 5.55. The molecule has 3 N–H and O–H groups in total. The Morgan fingerprint density at radius 3 is 2.47 bits per heavy atom. The van der Waals surface area contributed by atoms with Crippen LogP contribution in [0.4, 0.5) is 0 Å². The van der Waals surface area contributed by atoms with Crippen molar-refractivity contribution in [1.82, 2.24) is 5.32 Å². The molecule has 0 saturated heterocycles. The summed E-state index contributed by atoms with van der Waals surface area (Å²) < 4.78 is 0. The smallest absolute Gasteiger partial charge is 0.248 e. The number of carbonyl (C=O) groups excluding carboxylic acids is 2. The summed E-state index contributed by atoms with van der Waals surface area (Å²) in [5, 5.41) is 2.91. The molecule has 1 aromatic rings. The molecule has 0 aliphatic heterocycles. The van der Waals surface area contributed by atoms with E-state index in [0.717, 1.165) is 0 Å². The lowest BCUT2D eigenvalue weighted by Gasteiger charge is -2.17. The van der Waals surface area contributed by atoms with Crippen molar-refractivity contribution >= 4 is 11.8 Å². The summed E-state index contributed by atoms with van der Waals surface area (Å²) in [6, 6.07) is 7.13. The fourth-order valence-corrected chi connectivity index (χ4v) is 1.58. The van der Waals surface area contributed by atoms with Crippen LogP contribution in [0.3, 0.4) is 0 Å². The van der Waals surface area contributed by atoms with E-state index in [0.29, 0.717) is 17.0 Å². The van der Waals surface area contributed by atoms with E-state index in [-0.39, 0.29) is 18.4 Å². The molecule has 1 radical (unpaired) electrons. The van der Waals surface area contributed by atoms with Crippen LogP contribution in [0.5, 0.6) is 0 Å². The average Bonchev–Trinajstić information content (AvgIpc) is 2.36. The molecule has 0 bridgehead atoms. The monoisotopic (exact) mass is 261 g/mol. The molecule has 1 rings (SSSR count). The third-order valence-electron chi connectivity index (χ3n) is 3.12. The van der Waals surface area contributed by atoms with Gasteiger partial charge in [0.25, 0.3) is 0 Å². The van der Waals surface area contributed by atoms with Crippen molar-refractivity contribution in [3.05, 3.63) is 41.8 Å². The quantitative estimate of drug-likeness (QED) is 0.820. The molecule has 19 heavy (non-hydrogen) atoms. The Hall–Kier alpha value is -1.84. The van der Waals surface area contributed by atoms with Gasteiger partial charge in [-0.1, -0.05) is 32.0 Å². The van der Waals surface area contributed by atoms with Crippen molar-refractivity contribution in [3.8, 4) is 0 Å². The Morgan fingerprint density at radius 1 is 1.26 bits per heavy atom. The molecule has 0 aliphatic rings. The number of hydrogen-bond donors (Lipinski definition) is 2. The van der Waals surface area contributed by atoms with Crippen molar-refractivity contribution < 1.29 is 9.59 Å². The van der Waals surface area contributed by atoms with Crippen molar-refractivity contribution in [2.75, 3.05) is 0 Å². The lowest BCUT2D eigenvalue weighted by Crippen LogP contribution is -2.36. The first-order valence-corrected chi connectivity index (χ1v) is 6.43. The molecule has 0 fully saturated rings. The van der Waals surface area contributed by atoms with Gasteiger partial charge in [-0.15, -0.1) is 0 Å². The van der Waals surface area contributed by atoms with E-state index in [2.05, 4.69) is 19.2 Å². The van der Waals surface area contributed by atoms with Crippen LogP contribution in [0.1, 0.15) is 43.1 Å². The Bertz CT molecular complexity index is 455. The zero-order valence-corrected chi connectivity index (χ0v) is 11.6. The van der Waals surface area contributed by atoms with Gasteiger partial charge in [0.1, 0.15) is 0 Å². The first-order chi connectivity index (χ1) is 8.91. The van der Waals surface area contributed by atoms with Gasteiger partial charge in [-0.2, -0.15) is 0 Å². The van der Waals surface area contributed by atoms with Crippen LogP contribution in [0, 0.1) is 12.3 Å². The minimum Gasteiger partial charge on any atom is -0.366 e. The average molecular weight is 261 g/mol. The summed E-state index contributed by atoms with van der Waals surface area (Å²) in [6.07, 6.45) is 1.96. The van der Waals surface area contributed by atoms with Crippen LogP contribution >= 0.6 is 0 Å². The first-order valence-electron chi connectivity index (χ1n) is 6.43. The lowest BCUT2D eigenvalue weighted by atomic mass is 10.0. The van der Waals surface area contributed by atoms with Crippen LogP contribution in [-0.4, -0.2) is 17.9 Å². The number of nitrogens with one attached hydrogen (secondary N) is 1. The molecule has 1 atom stereocenters. The van der Waals surface area contributed by atoms with E-state index >= 15 is 0 Å². The summed E-state index contributed by atoms with van der Waals surface area (Å²) in [7, 11) is 0. The van der Waals surface area contributed by atoms with Gasteiger partial charge in [-0.3, -0.25) is 9.59 Å². The van der Waals surface area contributed by atoms with Gasteiger partial charge in [0.15, 0.2) is 0 Å². The van der Waals surface area contributed by atoms with Crippen LogP contribution < -0.4 is 11.1 Å². The number of nitrogens with two attached hydrogens (primary N) is 1. The molecule has 0 unspecified atom stereocenters. The Morgan fingerprint density at radius 2 is 1.89 bits per heavy atom. The highest BCUT2D eigenvalue weighted by Crippen LogP contribution is 2.12. The van der Waals surface area contributed by atoms with Gasteiger partial charge < -0.3 is 11.1 Å². The second-order valence-electron chi connectivity index (χ2n) is 4.96. The normalized spacial score (nSPS) is 12.2. The largest absolute Gasteiger partial charge is 0.366 e. The molecule has 4 heteroatoms. The Labute approximate surface area is 114 Å². The van der Waals surface area contributed by atoms with Gasteiger partial charge >= 0.3 is 0 Å². The zero-order valence-electron chi connectivity index (χ0n) is 11.6. The fourth-order valence-electron chi connectivity index (χ4n) is 1.58. The molecule has 103 valence electrons. The number of amides is 2. The maximum atomic E-state index is 11.8. The van der Waals surface area contributed by atoms with E-state index in [1.165, 1.54) is 0 Å². The van der Waals surface area contributed by atoms with Crippen molar-refractivity contribution in [3.63, 3.8) is 0 Å². The number of hydrogen-bond acceptors (Lipinski definition) is 2. The number of rotatable bonds is 6. The van der Waals surface area contributed by atoms with E-state index in [1.807, 2.05) is 13.0 Å². The SMILES string of the molecule is CC(C)[C@@H](C)NC(=O)C[CH]c1ccccc1C(N)=O. The van der Waals surface area contributed by atoms with Crippen molar-refractivity contribution in [2.45, 2.75) is 33.2 Å². The molecule has 0 aliphatic carbocycles. The maximum absolute atomic E-state index is 11.8. The van der Waals surface area contributed by atoms with Crippen LogP contribution in [0.2, 0.25) is 0 Å². The van der Waals surface area contributed by atoms with Gasteiger partial charge in [0, 0.05) is 24.4 Å². The summed E-state index contributed by atoms with van der Waals surface area (Å²) in [4.78, 5) is 23.0.